The van der Waals surface area contributed by atoms with Crippen LogP contribution in [0.3, 0.4) is 0 Å². The number of carbonyl (C=O) groups excluding carboxylic acids is 3. The Hall–Kier alpha value is -3.61. The zero-order chi connectivity index (χ0) is 21.8. The Bertz CT molecular complexity index is 1100. The molecule has 0 atom stereocenters. The Morgan fingerprint density at radius 2 is 1.73 bits per heavy atom. The van der Waals surface area contributed by atoms with Crippen LogP contribution in [0.1, 0.15) is 47.3 Å². The van der Waals surface area contributed by atoms with Gasteiger partial charge in [0.1, 0.15) is 5.75 Å². The number of carbonyl (C=O) groups is 3. The third-order valence-corrected chi connectivity index (χ3v) is 4.99. The number of phenols is 1. The molecule has 1 aliphatic rings. The highest BCUT2D eigenvalue weighted by Crippen LogP contribution is 2.46. The number of rotatable bonds is 5. The zero-order valence-electron chi connectivity index (χ0n) is 16.9. The number of Topliss-reactive ketones (excluding diaryl/α,β-unsaturated/α-hetero) is 1. The van der Waals surface area contributed by atoms with E-state index in [4.69, 9.17) is 5.73 Å². The maximum Gasteiger partial charge on any atom is 0.302 e. The SMILES string of the molecule is COC(C)=O.NC(=O)C(=O)c1c(C2CC2)n(Cc2ccccc2)c2cccc(O)c12. The van der Waals surface area contributed by atoms with Crippen molar-refractivity contribution in [3.05, 3.63) is 65.4 Å². The minimum absolute atomic E-state index is 0.00388. The number of nitrogens with two attached hydrogens (primary N) is 1. The van der Waals surface area contributed by atoms with Crippen LogP contribution in [0.15, 0.2) is 48.5 Å². The predicted octanol–water partition coefficient (Wildman–Crippen LogP) is 3.12. The normalized spacial score (nSPS) is 12.7. The number of nitrogens with zero attached hydrogens (tertiary/aromatic N) is 1. The fraction of sp³-hybridized carbons (Fsp3) is 0.261. The summed E-state index contributed by atoms with van der Waals surface area (Å²) in [6, 6.07) is 15.0. The molecule has 7 nitrogen and oxygen atoms in total. The predicted molar refractivity (Wildman–Crippen MR) is 112 cm³/mol. The van der Waals surface area contributed by atoms with E-state index in [-0.39, 0.29) is 23.2 Å². The number of benzene rings is 2. The Morgan fingerprint density at radius 1 is 1.10 bits per heavy atom. The number of esters is 1. The van der Waals surface area contributed by atoms with Crippen molar-refractivity contribution in [2.45, 2.75) is 32.2 Å². The Balaban J connectivity index is 0.000000461. The van der Waals surface area contributed by atoms with Gasteiger partial charge in [0.2, 0.25) is 0 Å². The van der Waals surface area contributed by atoms with Crippen LogP contribution in [0.25, 0.3) is 10.9 Å². The molecule has 0 aliphatic heterocycles. The molecule has 0 spiro atoms. The van der Waals surface area contributed by atoms with Crippen LogP contribution in [0.4, 0.5) is 0 Å². The van der Waals surface area contributed by atoms with E-state index < -0.39 is 11.7 Å². The van der Waals surface area contributed by atoms with Crippen molar-refractivity contribution >= 4 is 28.6 Å². The minimum atomic E-state index is -0.996. The molecular weight excluding hydrogens is 384 g/mol. The molecule has 3 aromatic rings. The van der Waals surface area contributed by atoms with E-state index >= 15 is 0 Å². The number of ether oxygens (including phenoxy) is 1. The van der Waals surface area contributed by atoms with Gasteiger partial charge in [-0.05, 0) is 30.5 Å². The summed E-state index contributed by atoms with van der Waals surface area (Å²) in [5.74, 6) is -1.77. The van der Waals surface area contributed by atoms with E-state index in [0.29, 0.717) is 11.9 Å². The quantitative estimate of drug-likeness (QED) is 0.383. The number of ketones is 1. The first kappa shape index (κ1) is 21.1. The van der Waals surface area contributed by atoms with Crippen molar-refractivity contribution in [3.63, 3.8) is 0 Å². The number of fused-ring (bicyclic) bond motifs is 1. The lowest BCUT2D eigenvalue weighted by atomic mass is 10.0. The summed E-state index contributed by atoms with van der Waals surface area (Å²) < 4.78 is 6.15. The molecule has 1 saturated carbocycles. The summed E-state index contributed by atoms with van der Waals surface area (Å²) in [5, 5.41) is 10.8. The van der Waals surface area contributed by atoms with Crippen molar-refractivity contribution < 1.29 is 24.2 Å². The van der Waals surface area contributed by atoms with Gasteiger partial charge < -0.3 is 20.1 Å². The van der Waals surface area contributed by atoms with Gasteiger partial charge in [-0.1, -0.05) is 36.4 Å². The molecule has 1 aliphatic carbocycles. The van der Waals surface area contributed by atoms with Crippen molar-refractivity contribution in [3.8, 4) is 5.75 Å². The molecule has 0 radical (unpaired) electrons. The number of amides is 1. The van der Waals surface area contributed by atoms with E-state index in [1.54, 1.807) is 6.07 Å². The summed E-state index contributed by atoms with van der Waals surface area (Å²) in [7, 11) is 1.35. The van der Waals surface area contributed by atoms with Crippen LogP contribution in [0, 0.1) is 0 Å². The second-order valence-corrected chi connectivity index (χ2v) is 7.17. The lowest BCUT2D eigenvalue weighted by Gasteiger charge is -2.11. The topological polar surface area (TPSA) is 112 Å². The monoisotopic (exact) mass is 408 g/mol. The Kier molecular flexibility index (Phi) is 6.20. The molecule has 1 heterocycles. The minimum Gasteiger partial charge on any atom is -0.507 e. The number of aromatic hydroxyl groups is 1. The summed E-state index contributed by atoms with van der Waals surface area (Å²) >= 11 is 0. The number of primary amides is 1. The van der Waals surface area contributed by atoms with Gasteiger partial charge in [0.05, 0.1) is 23.6 Å². The summed E-state index contributed by atoms with van der Waals surface area (Å²) in [6.45, 7) is 1.93. The van der Waals surface area contributed by atoms with Gasteiger partial charge in [-0.25, -0.2) is 0 Å². The molecule has 3 N–H and O–H groups in total. The maximum atomic E-state index is 12.5. The molecule has 0 unspecified atom stereocenters. The fourth-order valence-electron chi connectivity index (χ4n) is 3.47. The molecule has 7 heteroatoms. The van der Waals surface area contributed by atoms with E-state index in [1.165, 1.54) is 20.1 Å². The van der Waals surface area contributed by atoms with Crippen LogP contribution in [0.5, 0.6) is 5.75 Å². The Morgan fingerprint density at radius 3 is 2.27 bits per heavy atom. The second-order valence-electron chi connectivity index (χ2n) is 7.17. The second kappa shape index (κ2) is 8.82. The van der Waals surface area contributed by atoms with Crippen molar-refractivity contribution in [2.75, 3.05) is 7.11 Å². The van der Waals surface area contributed by atoms with Gasteiger partial charge in [0.25, 0.3) is 11.7 Å². The van der Waals surface area contributed by atoms with Crippen molar-refractivity contribution in [2.24, 2.45) is 5.73 Å². The van der Waals surface area contributed by atoms with Crippen LogP contribution >= 0.6 is 0 Å². The number of hydrogen-bond donors (Lipinski definition) is 2. The molecule has 1 amide bonds. The zero-order valence-corrected chi connectivity index (χ0v) is 16.9. The smallest absolute Gasteiger partial charge is 0.302 e. The first-order valence-corrected chi connectivity index (χ1v) is 9.61. The van der Waals surface area contributed by atoms with Crippen LogP contribution in [-0.4, -0.2) is 34.4 Å². The molecule has 0 bridgehead atoms. The lowest BCUT2D eigenvalue weighted by Crippen LogP contribution is -2.24. The van der Waals surface area contributed by atoms with Crippen LogP contribution < -0.4 is 5.73 Å². The van der Waals surface area contributed by atoms with Gasteiger partial charge in [0, 0.05) is 25.1 Å². The highest BCUT2D eigenvalue weighted by Gasteiger charge is 2.36. The van der Waals surface area contributed by atoms with Gasteiger partial charge in [-0.2, -0.15) is 0 Å². The Labute approximate surface area is 174 Å². The molecule has 1 fully saturated rings. The molecule has 1 aromatic heterocycles. The van der Waals surface area contributed by atoms with Crippen molar-refractivity contribution in [1.29, 1.82) is 0 Å². The average molecular weight is 408 g/mol. The highest BCUT2D eigenvalue weighted by atomic mass is 16.5. The van der Waals surface area contributed by atoms with Gasteiger partial charge >= 0.3 is 5.97 Å². The molecule has 4 rings (SSSR count). The van der Waals surface area contributed by atoms with Crippen molar-refractivity contribution in [1.82, 2.24) is 4.57 Å². The third-order valence-electron chi connectivity index (χ3n) is 4.99. The van der Waals surface area contributed by atoms with Crippen LogP contribution in [0.2, 0.25) is 0 Å². The highest BCUT2D eigenvalue weighted by molar-refractivity contribution is 6.45. The molecule has 2 aromatic carbocycles. The largest absolute Gasteiger partial charge is 0.507 e. The maximum absolute atomic E-state index is 12.5. The summed E-state index contributed by atoms with van der Waals surface area (Å²) in [4.78, 5) is 33.7. The number of hydrogen-bond acceptors (Lipinski definition) is 5. The third kappa shape index (κ3) is 4.35. The standard InChI is InChI=1S/C20H18N2O3.C3H6O2/c21-20(25)19(24)17-16-14(7-4-8-15(16)23)22(18(17)13-9-10-13)11-12-5-2-1-3-6-12;1-3(4)5-2/h1-8,13,23H,9-11H2,(H2,21,25);1-2H3. The molecule has 30 heavy (non-hydrogen) atoms. The summed E-state index contributed by atoms with van der Waals surface area (Å²) in [5.41, 5.74) is 8.18. The molecule has 156 valence electrons. The first-order valence-electron chi connectivity index (χ1n) is 9.61. The van der Waals surface area contributed by atoms with Crippen LogP contribution in [-0.2, 0) is 20.9 Å². The van der Waals surface area contributed by atoms with E-state index in [2.05, 4.69) is 4.74 Å². The van der Waals surface area contributed by atoms with E-state index in [1.807, 2.05) is 41.0 Å². The first-order chi connectivity index (χ1) is 14.3. The molecular formula is C23H24N2O5. The van der Waals surface area contributed by atoms with E-state index in [9.17, 15) is 19.5 Å². The number of aromatic nitrogens is 1. The summed E-state index contributed by atoms with van der Waals surface area (Å²) in [6.07, 6.45) is 1.93. The molecule has 0 saturated heterocycles. The fourth-order valence-corrected chi connectivity index (χ4v) is 3.47. The number of methoxy groups -OCH3 is 1. The number of phenolic OH excluding ortho intramolecular Hbond substituents is 1. The average Bonchev–Trinajstić information content (AvgIpc) is 3.52. The van der Waals surface area contributed by atoms with Gasteiger partial charge in [-0.3, -0.25) is 14.4 Å². The van der Waals surface area contributed by atoms with E-state index in [0.717, 1.165) is 29.6 Å². The lowest BCUT2D eigenvalue weighted by molar-refractivity contribution is -0.137. The van der Waals surface area contributed by atoms with Gasteiger partial charge in [-0.15, -0.1) is 0 Å². The van der Waals surface area contributed by atoms with Gasteiger partial charge in [0.15, 0.2) is 0 Å².